The van der Waals surface area contributed by atoms with Crippen LogP contribution >= 0.6 is 0 Å². The lowest BCUT2D eigenvalue weighted by atomic mass is 9.84. The van der Waals surface area contributed by atoms with Crippen LogP contribution < -0.4 is 4.90 Å². The Labute approximate surface area is 96.7 Å². The maximum absolute atomic E-state index is 11.1. The van der Waals surface area contributed by atoms with Crippen molar-refractivity contribution in [2.24, 2.45) is 0 Å². The number of carboxylic acid groups (broad SMARTS) is 1. The minimum Gasteiger partial charge on any atom is -0.465 e. The van der Waals surface area contributed by atoms with Gasteiger partial charge in [0.05, 0.1) is 5.69 Å². The van der Waals surface area contributed by atoms with Crippen LogP contribution in [0.15, 0.2) is 18.2 Å². The van der Waals surface area contributed by atoms with Crippen LogP contribution in [0.3, 0.4) is 0 Å². The second-order valence-electron chi connectivity index (χ2n) is 5.06. The maximum Gasteiger partial charge on any atom is 0.411 e. The molecular formula is C13H19NO2. The molecule has 0 aliphatic carbocycles. The predicted molar refractivity (Wildman–Crippen MR) is 66.3 cm³/mol. The van der Waals surface area contributed by atoms with Gasteiger partial charge < -0.3 is 5.11 Å². The van der Waals surface area contributed by atoms with E-state index < -0.39 is 6.09 Å². The Kier molecular flexibility index (Phi) is 3.27. The van der Waals surface area contributed by atoms with E-state index in [9.17, 15) is 4.79 Å². The van der Waals surface area contributed by atoms with Crippen molar-refractivity contribution in [3.63, 3.8) is 0 Å². The van der Waals surface area contributed by atoms with Gasteiger partial charge in [-0.05, 0) is 23.5 Å². The largest absolute Gasteiger partial charge is 0.465 e. The molecule has 1 aromatic rings. The van der Waals surface area contributed by atoms with Gasteiger partial charge in [0.2, 0.25) is 0 Å². The Hall–Kier alpha value is -1.51. The molecule has 3 heteroatoms. The number of nitrogens with zero attached hydrogens (tertiary/aromatic N) is 1. The molecule has 3 nitrogen and oxygen atoms in total. The summed E-state index contributed by atoms with van der Waals surface area (Å²) in [7, 11) is 1.58. The van der Waals surface area contributed by atoms with E-state index in [-0.39, 0.29) is 5.41 Å². The quantitative estimate of drug-likeness (QED) is 0.789. The monoisotopic (exact) mass is 221 g/mol. The van der Waals surface area contributed by atoms with Crippen LogP contribution in [0.4, 0.5) is 10.5 Å². The lowest BCUT2D eigenvalue weighted by molar-refractivity contribution is 0.203. The van der Waals surface area contributed by atoms with Crippen molar-refractivity contribution >= 4 is 11.8 Å². The molecule has 0 saturated carbocycles. The van der Waals surface area contributed by atoms with Crippen molar-refractivity contribution in [1.82, 2.24) is 0 Å². The number of hydrogen-bond acceptors (Lipinski definition) is 1. The molecular weight excluding hydrogens is 202 g/mol. The third kappa shape index (κ3) is 2.35. The fourth-order valence-electron chi connectivity index (χ4n) is 1.81. The predicted octanol–water partition coefficient (Wildman–Crippen LogP) is 3.41. The molecule has 1 amide bonds. The van der Waals surface area contributed by atoms with Gasteiger partial charge in [-0.15, -0.1) is 0 Å². The van der Waals surface area contributed by atoms with Crippen LogP contribution in [0.1, 0.15) is 31.9 Å². The molecule has 1 aromatic carbocycles. The second kappa shape index (κ2) is 4.16. The van der Waals surface area contributed by atoms with Crippen LogP contribution in [0.25, 0.3) is 0 Å². The number of hydrogen-bond donors (Lipinski definition) is 1. The zero-order valence-corrected chi connectivity index (χ0v) is 10.5. The molecule has 1 rings (SSSR count). The van der Waals surface area contributed by atoms with Gasteiger partial charge in [0, 0.05) is 7.05 Å². The molecule has 0 spiro atoms. The molecule has 0 bridgehead atoms. The lowest BCUT2D eigenvalue weighted by Crippen LogP contribution is -2.28. The Morgan fingerprint density at radius 3 is 2.31 bits per heavy atom. The highest BCUT2D eigenvalue weighted by atomic mass is 16.4. The van der Waals surface area contributed by atoms with Crippen molar-refractivity contribution in [3.8, 4) is 0 Å². The molecule has 0 aliphatic rings. The van der Waals surface area contributed by atoms with Crippen LogP contribution in [-0.2, 0) is 5.41 Å². The van der Waals surface area contributed by atoms with E-state index in [0.717, 1.165) is 16.8 Å². The third-order valence-electron chi connectivity index (χ3n) is 2.67. The van der Waals surface area contributed by atoms with E-state index in [2.05, 4.69) is 20.8 Å². The average molecular weight is 221 g/mol. The van der Waals surface area contributed by atoms with Crippen LogP contribution in [0, 0.1) is 6.92 Å². The molecule has 0 aromatic heterocycles. The number of anilines is 1. The van der Waals surface area contributed by atoms with E-state index >= 15 is 0 Å². The summed E-state index contributed by atoms with van der Waals surface area (Å²) in [6.45, 7) is 8.19. The van der Waals surface area contributed by atoms with E-state index in [4.69, 9.17) is 5.11 Å². The van der Waals surface area contributed by atoms with Crippen LogP contribution in [-0.4, -0.2) is 18.2 Å². The highest BCUT2D eigenvalue weighted by Crippen LogP contribution is 2.33. The molecule has 0 aliphatic heterocycles. The normalized spacial score (nSPS) is 11.3. The first-order chi connectivity index (χ1) is 7.25. The first-order valence-corrected chi connectivity index (χ1v) is 5.32. The first kappa shape index (κ1) is 12.6. The Morgan fingerprint density at radius 1 is 1.31 bits per heavy atom. The minimum atomic E-state index is -0.931. The zero-order chi connectivity index (χ0) is 12.5. The van der Waals surface area contributed by atoms with Gasteiger partial charge in [0.15, 0.2) is 0 Å². The van der Waals surface area contributed by atoms with Gasteiger partial charge >= 0.3 is 6.09 Å². The molecule has 0 saturated heterocycles. The molecule has 1 N–H and O–H groups in total. The summed E-state index contributed by atoms with van der Waals surface area (Å²) in [4.78, 5) is 12.3. The van der Waals surface area contributed by atoms with Crippen molar-refractivity contribution in [1.29, 1.82) is 0 Å². The Balaban J connectivity index is 3.41. The summed E-state index contributed by atoms with van der Waals surface area (Å²) in [5, 5.41) is 9.08. The molecule has 16 heavy (non-hydrogen) atoms. The Morgan fingerprint density at radius 2 is 1.88 bits per heavy atom. The topological polar surface area (TPSA) is 40.5 Å². The van der Waals surface area contributed by atoms with E-state index in [0.29, 0.717) is 0 Å². The number of rotatable bonds is 1. The number of aryl methyl sites for hydroxylation is 1. The summed E-state index contributed by atoms with van der Waals surface area (Å²) >= 11 is 0. The van der Waals surface area contributed by atoms with Gasteiger partial charge in [0.25, 0.3) is 0 Å². The van der Waals surface area contributed by atoms with Gasteiger partial charge in [0.1, 0.15) is 0 Å². The molecule has 0 heterocycles. The smallest absolute Gasteiger partial charge is 0.411 e. The third-order valence-corrected chi connectivity index (χ3v) is 2.67. The highest BCUT2D eigenvalue weighted by molar-refractivity contribution is 5.88. The fourth-order valence-corrected chi connectivity index (χ4v) is 1.81. The summed E-state index contributed by atoms with van der Waals surface area (Å²) < 4.78 is 0. The summed E-state index contributed by atoms with van der Waals surface area (Å²) in [5.41, 5.74) is 2.77. The van der Waals surface area contributed by atoms with Gasteiger partial charge in [-0.2, -0.15) is 0 Å². The SMILES string of the molecule is Cc1cccc(C(C)(C)C)c1N(C)C(=O)O. The summed E-state index contributed by atoms with van der Waals surface area (Å²) in [6, 6.07) is 5.89. The minimum absolute atomic E-state index is 0.0644. The van der Waals surface area contributed by atoms with Crippen molar-refractivity contribution in [3.05, 3.63) is 29.3 Å². The van der Waals surface area contributed by atoms with Crippen molar-refractivity contribution in [2.45, 2.75) is 33.1 Å². The van der Waals surface area contributed by atoms with Gasteiger partial charge in [-0.1, -0.05) is 39.0 Å². The fraction of sp³-hybridized carbons (Fsp3) is 0.462. The van der Waals surface area contributed by atoms with Gasteiger partial charge in [-0.3, -0.25) is 4.90 Å². The second-order valence-corrected chi connectivity index (χ2v) is 5.06. The number of carbonyl (C=O) groups is 1. The molecule has 0 radical (unpaired) electrons. The van der Waals surface area contributed by atoms with E-state index in [1.807, 2.05) is 25.1 Å². The standard InChI is InChI=1S/C13H19NO2/c1-9-7-6-8-10(13(2,3)4)11(9)14(5)12(15)16/h6-8H,1-5H3,(H,15,16). The zero-order valence-electron chi connectivity index (χ0n) is 10.5. The summed E-state index contributed by atoms with van der Waals surface area (Å²) in [5.74, 6) is 0. The summed E-state index contributed by atoms with van der Waals surface area (Å²) in [6.07, 6.45) is -0.931. The van der Waals surface area contributed by atoms with Crippen LogP contribution in [0.5, 0.6) is 0 Å². The van der Waals surface area contributed by atoms with Crippen molar-refractivity contribution < 1.29 is 9.90 Å². The molecule has 88 valence electrons. The van der Waals surface area contributed by atoms with E-state index in [1.54, 1.807) is 7.05 Å². The first-order valence-electron chi connectivity index (χ1n) is 5.32. The number of benzene rings is 1. The van der Waals surface area contributed by atoms with E-state index in [1.165, 1.54) is 4.90 Å². The van der Waals surface area contributed by atoms with Gasteiger partial charge in [-0.25, -0.2) is 4.79 Å². The highest BCUT2D eigenvalue weighted by Gasteiger charge is 2.23. The average Bonchev–Trinajstić information content (AvgIpc) is 2.14. The maximum atomic E-state index is 11.1. The molecule has 0 fully saturated rings. The van der Waals surface area contributed by atoms with Crippen molar-refractivity contribution in [2.75, 3.05) is 11.9 Å². The Bertz CT molecular complexity index is 405. The molecule has 0 atom stereocenters. The number of para-hydroxylation sites is 1. The van der Waals surface area contributed by atoms with Crippen LogP contribution in [0.2, 0.25) is 0 Å². The number of amides is 1. The lowest BCUT2D eigenvalue weighted by Gasteiger charge is -2.27. The molecule has 0 unspecified atom stereocenters.